The van der Waals surface area contributed by atoms with Crippen molar-refractivity contribution in [3.05, 3.63) is 23.8 Å². The molecule has 2 unspecified atom stereocenters. The third-order valence-corrected chi connectivity index (χ3v) is 10.7. The number of halogens is 1. The topological polar surface area (TPSA) is 101 Å². The van der Waals surface area contributed by atoms with E-state index < -0.39 is 39.8 Å². The fourth-order valence-corrected chi connectivity index (χ4v) is 8.46. The predicted molar refractivity (Wildman–Crippen MR) is 128 cm³/mol. The first kappa shape index (κ1) is 25.6. The Morgan fingerprint density at radius 1 is 1.26 bits per heavy atom. The second-order valence-corrected chi connectivity index (χ2v) is 11.9. The van der Waals surface area contributed by atoms with Gasteiger partial charge in [-0.3, -0.25) is 14.4 Å². The number of hydrogen-bond acceptors (Lipinski definition) is 6. The van der Waals surface area contributed by atoms with E-state index in [1.807, 2.05) is 33.8 Å². The zero-order chi connectivity index (χ0) is 25.1. The van der Waals surface area contributed by atoms with Crippen LogP contribution in [0.4, 0.5) is 0 Å². The first-order valence-corrected chi connectivity index (χ1v) is 13.0. The van der Waals surface area contributed by atoms with Crippen molar-refractivity contribution in [2.45, 2.75) is 89.2 Å². The van der Waals surface area contributed by atoms with E-state index in [1.165, 1.54) is 0 Å². The Bertz CT molecular complexity index is 957. The molecule has 188 valence electrons. The standard InChI is InChI=1S/C27H37ClO6/c1-5-6-7-23(32)34-22-14-25(4)20(12-16(2)27(25,33)21(31)15-29)19-9-8-17-13-18(30)10-11-24(17,3)26(19,22)28/h10-11,13,16,19-20,22,29,33H,5-9,12,14-15H2,1-4H3/t16?,19-,20-,22?,24-,25-,26-,27-/m0/s1. The summed E-state index contributed by atoms with van der Waals surface area (Å²) >= 11 is 7.67. The number of allylic oxidation sites excluding steroid dienone is 4. The summed E-state index contributed by atoms with van der Waals surface area (Å²) in [6.07, 6.45) is 8.28. The number of unbranched alkanes of at least 4 members (excludes halogenated alkanes) is 1. The second-order valence-electron chi connectivity index (χ2n) is 11.3. The van der Waals surface area contributed by atoms with E-state index in [4.69, 9.17) is 16.3 Å². The number of carbonyl (C=O) groups is 3. The molecular formula is C27H37ClO6. The average Bonchev–Trinajstić information content (AvgIpc) is 3.00. The van der Waals surface area contributed by atoms with Crippen molar-refractivity contribution in [3.63, 3.8) is 0 Å². The number of ether oxygens (including phenoxy) is 1. The number of carbonyl (C=O) groups excluding carboxylic acids is 3. The van der Waals surface area contributed by atoms with Gasteiger partial charge in [0.2, 0.25) is 0 Å². The Kier molecular flexibility index (Phi) is 6.44. The molecule has 3 fully saturated rings. The molecule has 4 aliphatic rings. The van der Waals surface area contributed by atoms with Crippen LogP contribution in [0.2, 0.25) is 0 Å². The van der Waals surface area contributed by atoms with Crippen LogP contribution in [0.25, 0.3) is 0 Å². The lowest BCUT2D eigenvalue weighted by atomic mass is 9.45. The van der Waals surface area contributed by atoms with Crippen LogP contribution >= 0.6 is 11.6 Å². The fourth-order valence-electron chi connectivity index (χ4n) is 7.89. The molecule has 0 amide bonds. The van der Waals surface area contributed by atoms with Gasteiger partial charge in [-0.2, -0.15) is 0 Å². The minimum Gasteiger partial charge on any atom is -0.460 e. The van der Waals surface area contributed by atoms with Crippen molar-refractivity contribution < 1.29 is 29.3 Å². The maximum absolute atomic E-state index is 12.9. The molecule has 7 heteroatoms. The predicted octanol–water partition coefficient (Wildman–Crippen LogP) is 3.91. The largest absolute Gasteiger partial charge is 0.460 e. The average molecular weight is 493 g/mol. The van der Waals surface area contributed by atoms with Crippen LogP contribution in [0.1, 0.15) is 72.6 Å². The molecule has 3 saturated carbocycles. The first-order chi connectivity index (χ1) is 15.9. The van der Waals surface area contributed by atoms with E-state index in [1.54, 1.807) is 12.2 Å². The van der Waals surface area contributed by atoms with E-state index in [0.29, 0.717) is 25.7 Å². The van der Waals surface area contributed by atoms with Crippen LogP contribution < -0.4 is 0 Å². The van der Waals surface area contributed by atoms with Crippen molar-refractivity contribution in [3.8, 4) is 0 Å². The van der Waals surface area contributed by atoms with Crippen molar-refractivity contribution in [1.29, 1.82) is 0 Å². The zero-order valence-electron chi connectivity index (χ0n) is 20.6. The highest BCUT2D eigenvalue weighted by Crippen LogP contribution is 2.71. The molecule has 0 radical (unpaired) electrons. The molecule has 4 aliphatic carbocycles. The molecule has 0 aromatic carbocycles. The quantitative estimate of drug-likeness (QED) is 0.430. The third-order valence-electron chi connectivity index (χ3n) is 9.78. The van der Waals surface area contributed by atoms with Gasteiger partial charge < -0.3 is 14.9 Å². The highest BCUT2D eigenvalue weighted by Gasteiger charge is 2.75. The Morgan fingerprint density at radius 3 is 2.62 bits per heavy atom. The highest BCUT2D eigenvalue weighted by atomic mass is 35.5. The molecule has 0 aliphatic heterocycles. The Morgan fingerprint density at radius 2 is 1.97 bits per heavy atom. The molecule has 0 spiro atoms. The van der Waals surface area contributed by atoms with Crippen LogP contribution in [-0.4, -0.2) is 50.9 Å². The normalized spacial score (nSPS) is 45.1. The lowest BCUT2D eigenvalue weighted by Gasteiger charge is -2.64. The van der Waals surface area contributed by atoms with Gasteiger partial charge >= 0.3 is 5.97 Å². The van der Waals surface area contributed by atoms with Gasteiger partial charge in [-0.05, 0) is 62.0 Å². The van der Waals surface area contributed by atoms with Gasteiger partial charge in [-0.1, -0.05) is 45.8 Å². The van der Waals surface area contributed by atoms with E-state index in [0.717, 1.165) is 12.0 Å². The molecule has 6 nitrogen and oxygen atoms in total. The molecule has 34 heavy (non-hydrogen) atoms. The van der Waals surface area contributed by atoms with Crippen LogP contribution in [0.15, 0.2) is 23.8 Å². The molecule has 0 aromatic rings. The van der Waals surface area contributed by atoms with Crippen molar-refractivity contribution in [2.75, 3.05) is 6.61 Å². The SMILES string of the molecule is CCCCC(=O)OC1C[C@@]2(C)[C@@H](CC(C)[C@]2(O)C(=O)CO)[C@@H]2CCC3=CC(=O)C=C[C@]3(C)[C@@]12Cl. The minimum atomic E-state index is -1.73. The van der Waals surface area contributed by atoms with Crippen LogP contribution in [0.5, 0.6) is 0 Å². The van der Waals surface area contributed by atoms with Gasteiger partial charge in [-0.25, -0.2) is 0 Å². The molecule has 8 atom stereocenters. The summed E-state index contributed by atoms with van der Waals surface area (Å²) < 4.78 is 6.12. The van der Waals surface area contributed by atoms with Crippen molar-refractivity contribution >= 4 is 29.1 Å². The van der Waals surface area contributed by atoms with Crippen molar-refractivity contribution in [2.24, 2.45) is 28.6 Å². The van der Waals surface area contributed by atoms with Crippen LogP contribution in [-0.2, 0) is 19.1 Å². The molecular weight excluding hydrogens is 456 g/mol. The fraction of sp³-hybridized carbons (Fsp3) is 0.741. The zero-order valence-corrected chi connectivity index (χ0v) is 21.4. The molecule has 0 heterocycles. The van der Waals surface area contributed by atoms with E-state index >= 15 is 0 Å². The smallest absolute Gasteiger partial charge is 0.306 e. The van der Waals surface area contributed by atoms with Gasteiger partial charge in [0.1, 0.15) is 18.3 Å². The summed E-state index contributed by atoms with van der Waals surface area (Å²) in [5.41, 5.74) is -2.39. The van der Waals surface area contributed by atoms with Gasteiger partial charge in [0.05, 0.1) is 4.87 Å². The number of ketones is 2. The Balaban J connectivity index is 1.84. The van der Waals surface area contributed by atoms with E-state index in [-0.39, 0.29) is 42.3 Å². The maximum Gasteiger partial charge on any atom is 0.306 e. The summed E-state index contributed by atoms with van der Waals surface area (Å²) in [6.45, 7) is 7.02. The van der Waals surface area contributed by atoms with E-state index in [2.05, 4.69) is 0 Å². The highest BCUT2D eigenvalue weighted by molar-refractivity contribution is 6.26. The monoisotopic (exact) mass is 492 g/mol. The number of aliphatic hydroxyl groups is 2. The van der Waals surface area contributed by atoms with Crippen molar-refractivity contribution in [1.82, 2.24) is 0 Å². The summed E-state index contributed by atoms with van der Waals surface area (Å²) in [5, 5.41) is 21.5. The summed E-state index contributed by atoms with van der Waals surface area (Å²) in [7, 11) is 0. The number of alkyl halides is 1. The molecule has 0 aromatic heterocycles. The van der Waals surface area contributed by atoms with Gasteiger partial charge in [-0.15, -0.1) is 11.6 Å². The molecule has 0 saturated heterocycles. The minimum absolute atomic E-state index is 0.0688. The third kappa shape index (κ3) is 3.24. The van der Waals surface area contributed by atoms with Gasteiger partial charge in [0.25, 0.3) is 0 Å². The summed E-state index contributed by atoms with van der Waals surface area (Å²) in [6, 6.07) is 0. The lowest BCUT2D eigenvalue weighted by Crippen LogP contribution is -2.69. The Labute approximate surface area is 206 Å². The van der Waals surface area contributed by atoms with Crippen LogP contribution in [0.3, 0.4) is 0 Å². The molecule has 4 rings (SSSR count). The van der Waals surface area contributed by atoms with E-state index in [9.17, 15) is 24.6 Å². The molecule has 0 bridgehead atoms. The first-order valence-electron chi connectivity index (χ1n) is 12.6. The van der Waals surface area contributed by atoms with Gasteiger partial charge in [0.15, 0.2) is 11.6 Å². The summed E-state index contributed by atoms with van der Waals surface area (Å²) in [5.74, 6) is -1.62. The summed E-state index contributed by atoms with van der Waals surface area (Å²) in [4.78, 5) is 37.0. The number of aliphatic hydroxyl groups excluding tert-OH is 1. The Hall–Kier alpha value is -1.50. The lowest BCUT2D eigenvalue weighted by molar-refractivity contribution is -0.190. The number of esters is 1. The maximum atomic E-state index is 12.9. The number of Topliss-reactive ketones (excluding diaryl/α,β-unsaturated/α-hetero) is 1. The number of rotatable bonds is 6. The number of hydrogen-bond donors (Lipinski definition) is 2. The number of fused-ring (bicyclic) bond motifs is 5. The van der Waals surface area contributed by atoms with Gasteiger partial charge in [0, 0.05) is 17.3 Å². The second kappa shape index (κ2) is 8.56. The molecule has 2 N–H and O–H groups in total. The van der Waals surface area contributed by atoms with Crippen LogP contribution in [0, 0.1) is 28.6 Å².